The van der Waals surface area contributed by atoms with Crippen molar-refractivity contribution < 1.29 is 4.79 Å². The van der Waals surface area contributed by atoms with Crippen LogP contribution in [0.25, 0.3) is 5.69 Å². The lowest BCUT2D eigenvalue weighted by Crippen LogP contribution is -2.19. The van der Waals surface area contributed by atoms with Gasteiger partial charge >= 0.3 is 0 Å². The van der Waals surface area contributed by atoms with E-state index in [4.69, 9.17) is 5.73 Å². The Balaban J connectivity index is 0.00000200. The summed E-state index contributed by atoms with van der Waals surface area (Å²) in [5, 5.41) is 6.99. The van der Waals surface area contributed by atoms with Crippen LogP contribution in [0.1, 0.15) is 19.8 Å². The van der Waals surface area contributed by atoms with Gasteiger partial charge in [0.15, 0.2) is 0 Å². The van der Waals surface area contributed by atoms with E-state index in [1.165, 1.54) is 0 Å². The van der Waals surface area contributed by atoms with Crippen LogP contribution >= 0.6 is 12.4 Å². The number of carbonyl (C=O) groups excluding carboxylic acids is 1. The normalized spacial score (nSPS) is 11.5. The minimum absolute atomic E-state index is 0. The van der Waals surface area contributed by atoms with Crippen LogP contribution in [0.15, 0.2) is 42.7 Å². The number of nitrogens with zero attached hydrogens (tertiary/aromatic N) is 2. The zero-order valence-corrected chi connectivity index (χ0v) is 12.1. The number of benzene rings is 1. The molecule has 20 heavy (non-hydrogen) atoms. The van der Waals surface area contributed by atoms with Crippen LogP contribution in [0.4, 0.5) is 5.69 Å². The number of halogens is 1. The molecule has 3 N–H and O–H groups in total. The number of aromatic nitrogens is 2. The molecule has 1 amide bonds. The molecule has 1 aromatic heterocycles. The Morgan fingerprint density at radius 2 is 2.10 bits per heavy atom. The van der Waals surface area contributed by atoms with Crippen LogP contribution in [0.5, 0.6) is 0 Å². The van der Waals surface area contributed by atoms with Gasteiger partial charge < -0.3 is 11.1 Å². The van der Waals surface area contributed by atoms with Gasteiger partial charge in [0.25, 0.3) is 0 Å². The molecule has 2 aromatic rings. The van der Waals surface area contributed by atoms with Crippen molar-refractivity contribution >= 4 is 24.0 Å². The molecular formula is C14H19ClN4O. The van der Waals surface area contributed by atoms with Gasteiger partial charge in [-0.15, -0.1) is 12.4 Å². The molecule has 0 saturated heterocycles. The van der Waals surface area contributed by atoms with Crippen LogP contribution in [0, 0.1) is 0 Å². The third-order valence-corrected chi connectivity index (χ3v) is 2.75. The van der Waals surface area contributed by atoms with E-state index in [1.54, 1.807) is 10.9 Å². The first-order valence-electron chi connectivity index (χ1n) is 6.30. The highest BCUT2D eigenvalue weighted by molar-refractivity contribution is 5.90. The number of carbonyl (C=O) groups is 1. The molecule has 0 aliphatic carbocycles. The number of hydrogen-bond acceptors (Lipinski definition) is 3. The maximum Gasteiger partial charge on any atom is 0.224 e. The van der Waals surface area contributed by atoms with Gasteiger partial charge in [0.05, 0.1) is 5.69 Å². The number of rotatable bonds is 5. The van der Waals surface area contributed by atoms with E-state index in [0.29, 0.717) is 12.8 Å². The van der Waals surface area contributed by atoms with Gasteiger partial charge in [0, 0.05) is 30.5 Å². The quantitative estimate of drug-likeness (QED) is 0.889. The van der Waals surface area contributed by atoms with Gasteiger partial charge in [-0.25, -0.2) is 4.68 Å². The third-order valence-electron chi connectivity index (χ3n) is 2.75. The van der Waals surface area contributed by atoms with Crippen molar-refractivity contribution in [2.75, 3.05) is 5.32 Å². The van der Waals surface area contributed by atoms with E-state index in [2.05, 4.69) is 10.4 Å². The highest BCUT2D eigenvalue weighted by Gasteiger charge is 2.04. The van der Waals surface area contributed by atoms with Crippen LogP contribution in [-0.2, 0) is 4.79 Å². The smallest absolute Gasteiger partial charge is 0.224 e. The predicted octanol–water partition coefficient (Wildman–Crippen LogP) is 2.36. The van der Waals surface area contributed by atoms with Crippen molar-refractivity contribution in [1.29, 1.82) is 0 Å². The van der Waals surface area contributed by atoms with Gasteiger partial charge in [0.1, 0.15) is 0 Å². The van der Waals surface area contributed by atoms with E-state index in [1.807, 2.05) is 43.5 Å². The van der Waals surface area contributed by atoms with Crippen molar-refractivity contribution in [1.82, 2.24) is 9.78 Å². The molecule has 1 unspecified atom stereocenters. The summed E-state index contributed by atoms with van der Waals surface area (Å²) in [6.45, 7) is 1.89. The van der Waals surface area contributed by atoms with Crippen molar-refractivity contribution in [3.63, 3.8) is 0 Å². The zero-order chi connectivity index (χ0) is 13.7. The molecule has 1 aromatic carbocycles. The summed E-state index contributed by atoms with van der Waals surface area (Å²) in [7, 11) is 0. The van der Waals surface area contributed by atoms with E-state index in [9.17, 15) is 4.79 Å². The van der Waals surface area contributed by atoms with Crippen molar-refractivity contribution in [3.05, 3.63) is 42.7 Å². The molecule has 2 rings (SSSR count). The van der Waals surface area contributed by atoms with Crippen LogP contribution in [0.3, 0.4) is 0 Å². The Labute approximate surface area is 124 Å². The summed E-state index contributed by atoms with van der Waals surface area (Å²) in [5.74, 6) is -0.0101. The molecule has 0 aliphatic heterocycles. The molecule has 1 atom stereocenters. The Kier molecular flexibility index (Phi) is 6.21. The first-order valence-corrected chi connectivity index (χ1v) is 6.30. The van der Waals surface area contributed by atoms with E-state index in [0.717, 1.165) is 11.4 Å². The second kappa shape index (κ2) is 7.67. The fourth-order valence-electron chi connectivity index (χ4n) is 1.70. The average Bonchev–Trinajstić information content (AvgIpc) is 2.91. The van der Waals surface area contributed by atoms with Crippen LogP contribution in [-0.4, -0.2) is 21.7 Å². The second-order valence-electron chi connectivity index (χ2n) is 4.56. The molecule has 0 saturated carbocycles. The molecule has 0 radical (unpaired) electrons. The highest BCUT2D eigenvalue weighted by Crippen LogP contribution is 2.13. The molecular weight excluding hydrogens is 276 g/mol. The molecule has 0 aliphatic rings. The Bertz CT molecular complexity index is 523. The number of anilines is 1. The van der Waals surface area contributed by atoms with Gasteiger partial charge in [-0.2, -0.15) is 5.10 Å². The van der Waals surface area contributed by atoms with Gasteiger partial charge in [-0.3, -0.25) is 4.79 Å². The van der Waals surface area contributed by atoms with Crippen molar-refractivity contribution in [3.8, 4) is 5.69 Å². The Morgan fingerprint density at radius 1 is 1.40 bits per heavy atom. The largest absolute Gasteiger partial charge is 0.328 e. The molecule has 0 fully saturated rings. The number of amides is 1. The fourth-order valence-corrected chi connectivity index (χ4v) is 1.70. The molecule has 0 bridgehead atoms. The van der Waals surface area contributed by atoms with Gasteiger partial charge in [0.2, 0.25) is 5.91 Å². The van der Waals surface area contributed by atoms with Crippen LogP contribution < -0.4 is 11.1 Å². The standard InChI is InChI=1S/C14H18N4O.ClH/c1-11(15)3-8-14(19)17-12-4-6-13(7-5-12)18-10-2-9-16-18;/h2,4-7,9-11H,3,8,15H2,1H3,(H,17,19);1H. The first kappa shape index (κ1) is 16.2. The Morgan fingerprint density at radius 3 is 2.65 bits per heavy atom. The molecule has 0 spiro atoms. The van der Waals surface area contributed by atoms with Gasteiger partial charge in [-0.05, 0) is 43.7 Å². The molecule has 6 heteroatoms. The summed E-state index contributed by atoms with van der Waals surface area (Å²) in [5.41, 5.74) is 7.36. The summed E-state index contributed by atoms with van der Waals surface area (Å²) in [6.07, 6.45) is 4.73. The van der Waals surface area contributed by atoms with Crippen molar-refractivity contribution in [2.24, 2.45) is 5.73 Å². The van der Waals surface area contributed by atoms with E-state index in [-0.39, 0.29) is 24.4 Å². The second-order valence-corrected chi connectivity index (χ2v) is 4.56. The molecule has 5 nitrogen and oxygen atoms in total. The minimum Gasteiger partial charge on any atom is -0.328 e. The SMILES string of the molecule is CC(N)CCC(=O)Nc1ccc(-n2cccn2)cc1.Cl. The summed E-state index contributed by atoms with van der Waals surface area (Å²) >= 11 is 0. The van der Waals surface area contributed by atoms with E-state index >= 15 is 0 Å². The topological polar surface area (TPSA) is 72.9 Å². The monoisotopic (exact) mass is 294 g/mol. The lowest BCUT2D eigenvalue weighted by molar-refractivity contribution is -0.116. The summed E-state index contributed by atoms with van der Waals surface area (Å²) < 4.78 is 1.77. The van der Waals surface area contributed by atoms with Crippen LogP contribution in [0.2, 0.25) is 0 Å². The zero-order valence-electron chi connectivity index (χ0n) is 11.3. The minimum atomic E-state index is -0.0101. The number of nitrogens with two attached hydrogens (primary N) is 1. The average molecular weight is 295 g/mol. The molecule has 108 valence electrons. The van der Waals surface area contributed by atoms with E-state index < -0.39 is 0 Å². The summed E-state index contributed by atoms with van der Waals surface area (Å²) in [6, 6.07) is 9.46. The fraction of sp³-hybridized carbons (Fsp3) is 0.286. The summed E-state index contributed by atoms with van der Waals surface area (Å²) in [4.78, 5) is 11.6. The number of hydrogen-bond donors (Lipinski definition) is 2. The Hall–Kier alpha value is -1.85. The first-order chi connectivity index (χ1) is 9.15. The lowest BCUT2D eigenvalue weighted by atomic mass is 10.2. The third kappa shape index (κ3) is 4.68. The maximum atomic E-state index is 11.6. The molecule has 1 heterocycles. The lowest BCUT2D eigenvalue weighted by Gasteiger charge is -2.08. The highest BCUT2D eigenvalue weighted by atomic mass is 35.5. The predicted molar refractivity (Wildman–Crippen MR) is 82.3 cm³/mol. The van der Waals surface area contributed by atoms with Crippen molar-refractivity contribution in [2.45, 2.75) is 25.8 Å². The number of nitrogens with one attached hydrogen (secondary N) is 1. The van der Waals surface area contributed by atoms with Gasteiger partial charge in [-0.1, -0.05) is 0 Å². The maximum absolute atomic E-state index is 11.6.